The van der Waals surface area contributed by atoms with Gasteiger partial charge < -0.3 is 9.30 Å². The van der Waals surface area contributed by atoms with Crippen molar-refractivity contribution in [2.24, 2.45) is 4.99 Å². The van der Waals surface area contributed by atoms with Crippen molar-refractivity contribution < 1.29 is 4.74 Å². The van der Waals surface area contributed by atoms with E-state index in [1.807, 2.05) is 12.3 Å². The van der Waals surface area contributed by atoms with Crippen molar-refractivity contribution in [2.45, 2.75) is 52.2 Å². The van der Waals surface area contributed by atoms with Gasteiger partial charge in [-0.15, -0.1) is 0 Å². The third-order valence-corrected chi connectivity index (χ3v) is 12.5. The molecule has 4 heterocycles. The fourth-order valence-electron chi connectivity index (χ4n) is 9.34. The van der Waals surface area contributed by atoms with Crippen molar-refractivity contribution in [2.75, 3.05) is 0 Å². The van der Waals surface area contributed by atoms with Crippen LogP contribution in [0.4, 0.5) is 0 Å². The first kappa shape index (κ1) is 36.8. The van der Waals surface area contributed by atoms with Crippen molar-refractivity contribution >= 4 is 49.6 Å². The SMILES string of the molecule is Cc1ccc2c(c1)c1cc(C)c(-n3c4ccc(-c5ccccc5)cc4c4cccnc43)cc1n2-c1cc(C2=N[C@H](c3ccccc3)[C@@H](c3ccccc3)O2)cc(C(C)(C)C)c1. The maximum Gasteiger partial charge on any atom is 0.217 e. The normalized spacial score (nSPS) is 15.5. The Bertz CT molecular complexity index is 3330. The summed E-state index contributed by atoms with van der Waals surface area (Å²) in [5.74, 6) is 0.662. The fraction of sp³-hybridized carbons (Fsp3) is 0.143. The maximum absolute atomic E-state index is 6.96. The van der Waals surface area contributed by atoms with Gasteiger partial charge in [-0.3, -0.25) is 4.57 Å². The summed E-state index contributed by atoms with van der Waals surface area (Å²) in [6.45, 7) is 11.2. The predicted octanol–water partition coefficient (Wildman–Crippen LogP) is 14.1. The number of aliphatic imine (C=N–C) groups is 1. The molecule has 0 unspecified atom stereocenters. The van der Waals surface area contributed by atoms with Crippen LogP contribution >= 0.6 is 0 Å². The molecule has 0 bridgehead atoms. The van der Waals surface area contributed by atoms with Gasteiger partial charge in [0.25, 0.3) is 0 Å². The van der Waals surface area contributed by atoms with Gasteiger partial charge in [0.05, 0.1) is 22.2 Å². The average molecular weight is 791 g/mol. The highest BCUT2D eigenvalue weighted by Gasteiger charge is 2.35. The van der Waals surface area contributed by atoms with Gasteiger partial charge in [-0.1, -0.05) is 129 Å². The molecule has 0 saturated heterocycles. The minimum absolute atomic E-state index is 0.147. The average Bonchev–Trinajstić information content (AvgIpc) is 3.97. The van der Waals surface area contributed by atoms with Crippen LogP contribution in [0.15, 0.2) is 181 Å². The molecular formula is C56H46N4O. The fourth-order valence-corrected chi connectivity index (χ4v) is 9.34. The van der Waals surface area contributed by atoms with Crippen LogP contribution in [-0.2, 0) is 10.2 Å². The first-order chi connectivity index (χ1) is 29.7. The van der Waals surface area contributed by atoms with Crippen LogP contribution in [0.2, 0.25) is 0 Å². The van der Waals surface area contributed by atoms with Crippen molar-refractivity contribution in [1.29, 1.82) is 0 Å². The molecule has 10 aromatic rings. The molecule has 3 aromatic heterocycles. The Balaban J connectivity index is 1.14. The van der Waals surface area contributed by atoms with Crippen LogP contribution in [-0.4, -0.2) is 20.0 Å². The summed E-state index contributed by atoms with van der Waals surface area (Å²) in [6.07, 6.45) is 1.66. The summed E-state index contributed by atoms with van der Waals surface area (Å²) in [5, 5.41) is 4.75. The Kier molecular flexibility index (Phi) is 8.57. The van der Waals surface area contributed by atoms with Crippen LogP contribution in [0.1, 0.15) is 66.3 Å². The molecule has 5 heteroatoms. The largest absolute Gasteiger partial charge is 0.467 e. The third-order valence-electron chi connectivity index (χ3n) is 12.5. The summed E-state index contributed by atoms with van der Waals surface area (Å²) >= 11 is 0. The molecule has 0 fully saturated rings. The number of nitrogens with zero attached hydrogens (tertiary/aromatic N) is 4. The molecule has 11 rings (SSSR count). The van der Waals surface area contributed by atoms with Crippen molar-refractivity contribution in [3.05, 3.63) is 209 Å². The van der Waals surface area contributed by atoms with Crippen molar-refractivity contribution in [1.82, 2.24) is 14.1 Å². The van der Waals surface area contributed by atoms with E-state index in [9.17, 15) is 0 Å². The van der Waals surface area contributed by atoms with Crippen molar-refractivity contribution in [3.63, 3.8) is 0 Å². The molecule has 0 radical (unpaired) electrons. The van der Waals surface area contributed by atoms with Gasteiger partial charge in [0.2, 0.25) is 5.90 Å². The second-order valence-corrected chi connectivity index (χ2v) is 17.6. The smallest absolute Gasteiger partial charge is 0.217 e. The molecule has 0 saturated carbocycles. The second kappa shape index (κ2) is 14.2. The van der Waals surface area contributed by atoms with E-state index < -0.39 is 0 Å². The summed E-state index contributed by atoms with van der Waals surface area (Å²) in [4.78, 5) is 10.4. The van der Waals surface area contributed by atoms with E-state index in [1.165, 1.54) is 44.0 Å². The van der Waals surface area contributed by atoms with E-state index in [2.05, 4.69) is 208 Å². The van der Waals surface area contributed by atoms with Gasteiger partial charge >= 0.3 is 0 Å². The Labute approximate surface area is 356 Å². The number of fused-ring (bicyclic) bond motifs is 6. The molecule has 0 N–H and O–H groups in total. The number of aryl methyl sites for hydroxylation is 2. The number of hydrogen-bond donors (Lipinski definition) is 0. The quantitative estimate of drug-likeness (QED) is 0.168. The molecule has 0 amide bonds. The summed E-state index contributed by atoms with van der Waals surface area (Å²) < 4.78 is 11.8. The zero-order chi connectivity index (χ0) is 41.4. The van der Waals surface area contributed by atoms with E-state index in [-0.39, 0.29) is 17.6 Å². The van der Waals surface area contributed by atoms with Gasteiger partial charge in [0.1, 0.15) is 11.7 Å². The number of aromatic nitrogens is 3. The van der Waals surface area contributed by atoms with E-state index >= 15 is 0 Å². The minimum atomic E-state index is -0.245. The van der Waals surface area contributed by atoms with E-state index in [4.69, 9.17) is 14.7 Å². The molecule has 2 atom stereocenters. The van der Waals surface area contributed by atoms with Crippen LogP contribution in [0, 0.1) is 13.8 Å². The molecule has 0 aliphatic carbocycles. The highest BCUT2D eigenvalue weighted by atomic mass is 16.5. The number of ether oxygens (including phenoxy) is 1. The number of hydrogen-bond acceptors (Lipinski definition) is 3. The summed E-state index contributed by atoms with van der Waals surface area (Å²) in [7, 11) is 0. The monoisotopic (exact) mass is 790 g/mol. The van der Waals surface area contributed by atoms with Gasteiger partial charge in [-0.2, -0.15) is 0 Å². The Hall–Kier alpha value is -7.24. The first-order valence-corrected chi connectivity index (χ1v) is 21.2. The highest BCUT2D eigenvalue weighted by Crippen LogP contribution is 2.43. The molecule has 1 aliphatic rings. The van der Waals surface area contributed by atoms with Crippen molar-refractivity contribution in [3.8, 4) is 22.5 Å². The number of rotatable bonds is 6. The van der Waals surface area contributed by atoms with Crippen LogP contribution in [0.5, 0.6) is 0 Å². The molecule has 61 heavy (non-hydrogen) atoms. The molecule has 5 nitrogen and oxygen atoms in total. The summed E-state index contributed by atoms with van der Waals surface area (Å²) in [5.41, 5.74) is 15.6. The topological polar surface area (TPSA) is 44.3 Å². The maximum atomic E-state index is 6.96. The number of pyridine rings is 1. The molecule has 296 valence electrons. The van der Waals surface area contributed by atoms with Gasteiger partial charge in [0.15, 0.2) is 6.10 Å². The second-order valence-electron chi connectivity index (χ2n) is 17.6. The standard InChI is InChI=1S/C56H46N4O/c1-35-23-25-48-45(28-35)46-29-36(2)50(60-49-26-24-40(37-16-9-6-10-17-37)32-47(49)44-22-15-27-57-54(44)60)34-51(46)59(48)43-31-41(30-42(33-43)56(3,4)5)55-58-52(38-18-11-7-12-19-38)53(61-55)39-20-13-8-14-21-39/h6-34,52-53H,1-5H3/t52-,53-/m1/s1. The molecule has 1 aliphatic heterocycles. The predicted molar refractivity (Wildman–Crippen MR) is 253 cm³/mol. The van der Waals surface area contributed by atoms with E-state index in [0.29, 0.717) is 5.90 Å². The Morgan fingerprint density at radius 2 is 1.20 bits per heavy atom. The number of benzene rings is 7. The van der Waals surface area contributed by atoms with Gasteiger partial charge in [0, 0.05) is 39.0 Å². The first-order valence-electron chi connectivity index (χ1n) is 21.2. The van der Waals surface area contributed by atoms with E-state index in [1.54, 1.807) is 0 Å². The van der Waals surface area contributed by atoms with Gasteiger partial charge in [-0.25, -0.2) is 9.98 Å². The Morgan fingerprint density at radius 1 is 0.525 bits per heavy atom. The summed E-state index contributed by atoms with van der Waals surface area (Å²) in [6, 6.07) is 61.0. The zero-order valence-electron chi connectivity index (χ0n) is 35.1. The molecular weight excluding hydrogens is 745 g/mol. The lowest BCUT2D eigenvalue weighted by Crippen LogP contribution is -2.15. The lowest BCUT2D eigenvalue weighted by molar-refractivity contribution is 0.197. The Morgan fingerprint density at radius 3 is 1.95 bits per heavy atom. The van der Waals surface area contributed by atoms with E-state index in [0.717, 1.165) is 55.6 Å². The third kappa shape index (κ3) is 6.23. The van der Waals surface area contributed by atoms with Crippen LogP contribution in [0.25, 0.3) is 66.2 Å². The minimum Gasteiger partial charge on any atom is -0.467 e. The lowest BCUT2D eigenvalue weighted by Gasteiger charge is -2.23. The zero-order valence-corrected chi connectivity index (χ0v) is 35.1. The lowest BCUT2D eigenvalue weighted by atomic mass is 9.85. The molecule has 7 aromatic carbocycles. The highest BCUT2D eigenvalue weighted by molar-refractivity contribution is 6.12. The molecule has 0 spiro atoms. The van der Waals surface area contributed by atoms with Gasteiger partial charge in [-0.05, 0) is 119 Å². The van der Waals surface area contributed by atoms with Crippen LogP contribution < -0.4 is 0 Å². The van der Waals surface area contributed by atoms with Crippen LogP contribution in [0.3, 0.4) is 0 Å².